The first kappa shape index (κ1) is 20.4. The van der Waals surface area contributed by atoms with Crippen molar-refractivity contribution >= 4 is 29.1 Å². The number of hydrogen-bond acceptors (Lipinski definition) is 5. The van der Waals surface area contributed by atoms with E-state index in [0.717, 1.165) is 6.42 Å². The van der Waals surface area contributed by atoms with Crippen molar-refractivity contribution < 1.29 is 14.4 Å². The molecule has 1 fully saturated rings. The molecule has 1 atom stereocenters. The summed E-state index contributed by atoms with van der Waals surface area (Å²) in [6.45, 7) is 7.38. The maximum Gasteiger partial charge on any atom is 0.261 e. The molecular formula is C18H28N4O3S. The highest BCUT2D eigenvalue weighted by Crippen LogP contribution is 2.08. The summed E-state index contributed by atoms with van der Waals surface area (Å²) in [6.07, 6.45) is 1.21. The van der Waals surface area contributed by atoms with E-state index in [9.17, 15) is 14.4 Å². The molecule has 8 heteroatoms. The Balaban J connectivity index is 1.63. The van der Waals surface area contributed by atoms with Crippen LogP contribution >= 0.6 is 11.3 Å². The highest BCUT2D eigenvalue weighted by atomic mass is 32.1. The van der Waals surface area contributed by atoms with Gasteiger partial charge in [-0.3, -0.25) is 19.3 Å². The van der Waals surface area contributed by atoms with Gasteiger partial charge in [-0.05, 0) is 24.8 Å². The first-order valence-corrected chi connectivity index (χ1v) is 9.98. The molecule has 1 aromatic rings. The van der Waals surface area contributed by atoms with Gasteiger partial charge >= 0.3 is 0 Å². The van der Waals surface area contributed by atoms with E-state index in [4.69, 9.17) is 0 Å². The lowest BCUT2D eigenvalue weighted by Crippen LogP contribution is -2.52. The van der Waals surface area contributed by atoms with Gasteiger partial charge in [0.05, 0.1) is 11.4 Å². The van der Waals surface area contributed by atoms with Crippen LogP contribution in [0.25, 0.3) is 0 Å². The van der Waals surface area contributed by atoms with E-state index in [1.807, 2.05) is 25.3 Å². The summed E-state index contributed by atoms with van der Waals surface area (Å²) in [5.74, 6) is -0.0551. The summed E-state index contributed by atoms with van der Waals surface area (Å²) >= 11 is 1.38. The monoisotopic (exact) mass is 380 g/mol. The highest BCUT2D eigenvalue weighted by Gasteiger charge is 2.22. The van der Waals surface area contributed by atoms with E-state index >= 15 is 0 Å². The fourth-order valence-electron chi connectivity index (χ4n) is 2.72. The van der Waals surface area contributed by atoms with Crippen LogP contribution in [-0.4, -0.2) is 72.8 Å². The Morgan fingerprint density at radius 2 is 1.96 bits per heavy atom. The predicted octanol–water partition coefficient (Wildman–Crippen LogP) is 0.927. The molecule has 0 bridgehead atoms. The molecule has 0 radical (unpaired) electrons. The Hall–Kier alpha value is -1.93. The van der Waals surface area contributed by atoms with Crippen LogP contribution in [0.2, 0.25) is 0 Å². The number of carbonyl (C=O) groups excluding carboxylic acids is 3. The average Bonchev–Trinajstić information content (AvgIpc) is 3.16. The van der Waals surface area contributed by atoms with E-state index < -0.39 is 0 Å². The van der Waals surface area contributed by atoms with Crippen LogP contribution in [0.3, 0.4) is 0 Å². The lowest BCUT2D eigenvalue weighted by Gasteiger charge is -2.34. The number of nitrogens with zero attached hydrogens (tertiary/aromatic N) is 2. The van der Waals surface area contributed by atoms with Crippen molar-refractivity contribution in [2.45, 2.75) is 32.7 Å². The normalized spacial score (nSPS) is 16.2. The van der Waals surface area contributed by atoms with Gasteiger partial charge in [-0.2, -0.15) is 0 Å². The minimum Gasteiger partial charge on any atom is -0.353 e. The molecule has 0 aromatic carbocycles. The van der Waals surface area contributed by atoms with Crippen molar-refractivity contribution in [1.29, 1.82) is 0 Å². The molecule has 0 spiro atoms. The average molecular weight is 381 g/mol. The molecule has 26 heavy (non-hydrogen) atoms. The minimum absolute atomic E-state index is 0.0374. The highest BCUT2D eigenvalue weighted by molar-refractivity contribution is 7.12. The fourth-order valence-corrected chi connectivity index (χ4v) is 3.36. The third-order valence-corrected chi connectivity index (χ3v) is 5.35. The second-order valence-corrected chi connectivity index (χ2v) is 7.46. The molecule has 1 aliphatic rings. The van der Waals surface area contributed by atoms with Gasteiger partial charge in [0.2, 0.25) is 11.8 Å². The van der Waals surface area contributed by atoms with Crippen LogP contribution in [0.5, 0.6) is 0 Å². The SMILES string of the molecule is CCC(C)NC(=O)CN1CCN(C(=O)CCNC(=O)c2cccs2)CC1. The van der Waals surface area contributed by atoms with Crippen molar-refractivity contribution in [1.82, 2.24) is 20.4 Å². The van der Waals surface area contributed by atoms with Crippen molar-refractivity contribution in [3.8, 4) is 0 Å². The van der Waals surface area contributed by atoms with Crippen LogP contribution < -0.4 is 10.6 Å². The van der Waals surface area contributed by atoms with Crippen molar-refractivity contribution in [2.75, 3.05) is 39.3 Å². The summed E-state index contributed by atoms with van der Waals surface area (Å²) in [7, 11) is 0. The summed E-state index contributed by atoms with van der Waals surface area (Å²) in [5.41, 5.74) is 0. The standard InChI is InChI=1S/C18H28N4O3S/c1-3-14(2)20-16(23)13-21-8-10-22(11-9-21)17(24)6-7-19-18(25)15-5-4-12-26-15/h4-5,12,14H,3,6-11,13H2,1-2H3,(H,19,25)(H,20,23). The lowest BCUT2D eigenvalue weighted by atomic mass is 10.2. The van der Waals surface area contributed by atoms with E-state index in [0.29, 0.717) is 50.6 Å². The van der Waals surface area contributed by atoms with Crippen molar-refractivity contribution in [3.05, 3.63) is 22.4 Å². The van der Waals surface area contributed by atoms with Gasteiger partial charge in [-0.1, -0.05) is 13.0 Å². The number of piperazine rings is 1. The number of carbonyl (C=O) groups is 3. The minimum atomic E-state index is -0.134. The maximum absolute atomic E-state index is 12.3. The van der Waals surface area contributed by atoms with Gasteiger partial charge in [0, 0.05) is 45.2 Å². The zero-order chi connectivity index (χ0) is 18.9. The van der Waals surface area contributed by atoms with Crippen LogP contribution in [0.4, 0.5) is 0 Å². The van der Waals surface area contributed by atoms with E-state index in [2.05, 4.69) is 15.5 Å². The Labute approximate surface area is 158 Å². The Kier molecular flexibility index (Phi) is 8.06. The molecule has 144 valence electrons. The molecule has 2 heterocycles. The first-order chi connectivity index (χ1) is 12.5. The summed E-state index contributed by atoms with van der Waals surface area (Å²) in [5, 5.41) is 7.58. The second-order valence-electron chi connectivity index (χ2n) is 6.52. The van der Waals surface area contributed by atoms with Gasteiger partial charge in [-0.25, -0.2) is 0 Å². The van der Waals surface area contributed by atoms with Gasteiger partial charge in [0.15, 0.2) is 0 Å². The smallest absolute Gasteiger partial charge is 0.261 e. The van der Waals surface area contributed by atoms with Gasteiger partial charge in [-0.15, -0.1) is 11.3 Å². The van der Waals surface area contributed by atoms with Crippen molar-refractivity contribution in [2.24, 2.45) is 0 Å². The molecule has 2 N–H and O–H groups in total. The van der Waals surface area contributed by atoms with E-state index in [1.54, 1.807) is 11.0 Å². The second kappa shape index (κ2) is 10.3. The Morgan fingerprint density at radius 3 is 2.58 bits per heavy atom. The largest absolute Gasteiger partial charge is 0.353 e. The summed E-state index contributed by atoms with van der Waals surface area (Å²) in [6, 6.07) is 3.78. The molecule has 1 aliphatic heterocycles. The number of hydrogen-bond donors (Lipinski definition) is 2. The number of amides is 3. The zero-order valence-corrected chi connectivity index (χ0v) is 16.3. The van der Waals surface area contributed by atoms with Crippen LogP contribution in [0.15, 0.2) is 17.5 Å². The van der Waals surface area contributed by atoms with Crippen LogP contribution in [0.1, 0.15) is 36.4 Å². The van der Waals surface area contributed by atoms with Crippen molar-refractivity contribution in [3.63, 3.8) is 0 Å². The number of nitrogens with one attached hydrogen (secondary N) is 2. The topological polar surface area (TPSA) is 81.8 Å². The summed E-state index contributed by atoms with van der Waals surface area (Å²) in [4.78, 5) is 40.6. The molecule has 7 nitrogen and oxygen atoms in total. The third kappa shape index (κ3) is 6.42. The van der Waals surface area contributed by atoms with Crippen LogP contribution in [-0.2, 0) is 9.59 Å². The number of thiophene rings is 1. The molecule has 0 saturated carbocycles. The third-order valence-electron chi connectivity index (χ3n) is 4.48. The van der Waals surface area contributed by atoms with Gasteiger partial charge in [0.25, 0.3) is 5.91 Å². The van der Waals surface area contributed by atoms with Crippen LogP contribution in [0, 0.1) is 0 Å². The molecule has 1 saturated heterocycles. The van der Waals surface area contributed by atoms with Gasteiger partial charge in [0.1, 0.15) is 0 Å². The molecular weight excluding hydrogens is 352 g/mol. The Morgan fingerprint density at radius 1 is 1.23 bits per heavy atom. The zero-order valence-electron chi connectivity index (χ0n) is 15.5. The van der Waals surface area contributed by atoms with E-state index in [-0.39, 0.29) is 23.8 Å². The lowest BCUT2D eigenvalue weighted by molar-refractivity contribution is -0.133. The molecule has 1 aromatic heterocycles. The summed E-state index contributed by atoms with van der Waals surface area (Å²) < 4.78 is 0. The maximum atomic E-state index is 12.3. The molecule has 3 amide bonds. The van der Waals surface area contributed by atoms with E-state index in [1.165, 1.54) is 11.3 Å². The first-order valence-electron chi connectivity index (χ1n) is 9.10. The quantitative estimate of drug-likeness (QED) is 0.703. The molecule has 0 aliphatic carbocycles. The predicted molar refractivity (Wildman–Crippen MR) is 102 cm³/mol. The fraction of sp³-hybridized carbons (Fsp3) is 0.611. The molecule has 1 unspecified atom stereocenters. The Bertz CT molecular complexity index is 598. The molecule has 2 rings (SSSR count). The number of rotatable bonds is 8. The van der Waals surface area contributed by atoms with Gasteiger partial charge < -0.3 is 15.5 Å².